The molecule has 1 aromatic rings. The monoisotopic (exact) mass is 304 g/mol. The molecule has 3 N–H and O–H groups in total. The Balaban J connectivity index is 1.77. The fourth-order valence-corrected chi connectivity index (χ4v) is 4.32. The van der Waals surface area contributed by atoms with Gasteiger partial charge in [0.2, 0.25) is 10.0 Å². The predicted molar refractivity (Wildman–Crippen MR) is 75.6 cm³/mol. The molecule has 0 amide bonds. The molecule has 108 valence electrons. The molecule has 1 aromatic heterocycles. The number of sulfonamides is 1. The molecule has 1 aliphatic rings. The molecular formula is C12H20N2O3S2. The van der Waals surface area contributed by atoms with Crippen molar-refractivity contribution in [2.45, 2.75) is 43.2 Å². The van der Waals surface area contributed by atoms with Crippen LogP contribution < -0.4 is 10.5 Å². The molecule has 1 aliphatic carbocycles. The van der Waals surface area contributed by atoms with Gasteiger partial charge in [0.25, 0.3) is 0 Å². The second-order valence-electron chi connectivity index (χ2n) is 4.63. The lowest BCUT2D eigenvalue weighted by atomic mass is 10.3. The van der Waals surface area contributed by atoms with Gasteiger partial charge in [0.15, 0.2) is 0 Å². The van der Waals surface area contributed by atoms with Crippen LogP contribution in [-0.2, 0) is 21.3 Å². The van der Waals surface area contributed by atoms with E-state index in [4.69, 9.17) is 10.5 Å². The summed E-state index contributed by atoms with van der Waals surface area (Å²) in [6.07, 6.45) is 4.93. The molecule has 0 unspecified atom stereocenters. The van der Waals surface area contributed by atoms with Gasteiger partial charge in [-0.2, -0.15) is 0 Å². The molecule has 1 saturated carbocycles. The number of nitrogens with two attached hydrogens (primary N) is 1. The van der Waals surface area contributed by atoms with Crippen LogP contribution in [0.3, 0.4) is 0 Å². The normalized spacial score (nSPS) is 17.1. The fraction of sp³-hybridized carbons (Fsp3) is 0.667. The highest BCUT2D eigenvalue weighted by Crippen LogP contribution is 2.21. The van der Waals surface area contributed by atoms with Crippen molar-refractivity contribution in [2.24, 2.45) is 5.73 Å². The van der Waals surface area contributed by atoms with E-state index in [0.717, 1.165) is 17.7 Å². The van der Waals surface area contributed by atoms with E-state index in [1.807, 2.05) is 0 Å². The Morgan fingerprint density at radius 3 is 2.79 bits per heavy atom. The van der Waals surface area contributed by atoms with Crippen molar-refractivity contribution in [2.75, 3.05) is 13.2 Å². The van der Waals surface area contributed by atoms with Crippen molar-refractivity contribution in [3.05, 3.63) is 16.3 Å². The Bertz CT molecular complexity index is 493. The average Bonchev–Trinajstić information content (AvgIpc) is 3.05. The van der Waals surface area contributed by atoms with Gasteiger partial charge in [0, 0.05) is 23.3 Å². The lowest BCUT2D eigenvalue weighted by molar-refractivity contribution is 0.0626. The summed E-state index contributed by atoms with van der Waals surface area (Å²) in [4.78, 5) is 1.15. The van der Waals surface area contributed by atoms with Gasteiger partial charge in [-0.15, -0.1) is 11.3 Å². The third kappa shape index (κ3) is 4.25. The van der Waals surface area contributed by atoms with Gasteiger partial charge in [-0.1, -0.05) is 12.8 Å². The third-order valence-corrected chi connectivity index (χ3v) is 5.74. The number of rotatable bonds is 7. The van der Waals surface area contributed by atoms with Gasteiger partial charge in [-0.25, -0.2) is 13.1 Å². The zero-order valence-corrected chi connectivity index (χ0v) is 12.4. The summed E-state index contributed by atoms with van der Waals surface area (Å²) in [5.74, 6) is 0. The summed E-state index contributed by atoms with van der Waals surface area (Å²) in [7, 11) is -3.42. The molecule has 0 aliphatic heterocycles. The number of hydrogen-bond acceptors (Lipinski definition) is 5. The Morgan fingerprint density at radius 1 is 1.42 bits per heavy atom. The first kappa shape index (κ1) is 14.9. The van der Waals surface area contributed by atoms with Crippen LogP contribution in [0.25, 0.3) is 0 Å². The van der Waals surface area contributed by atoms with Crippen LogP contribution >= 0.6 is 11.3 Å². The van der Waals surface area contributed by atoms with Gasteiger partial charge < -0.3 is 10.5 Å². The van der Waals surface area contributed by atoms with Crippen LogP contribution in [-0.4, -0.2) is 27.7 Å². The van der Waals surface area contributed by atoms with Crippen molar-refractivity contribution in [1.82, 2.24) is 4.72 Å². The van der Waals surface area contributed by atoms with Crippen molar-refractivity contribution in [1.29, 1.82) is 0 Å². The van der Waals surface area contributed by atoms with Crippen LogP contribution in [0.1, 0.15) is 30.6 Å². The number of ether oxygens (including phenoxy) is 1. The summed E-state index contributed by atoms with van der Waals surface area (Å²) in [6.45, 7) is 1.11. The highest BCUT2D eigenvalue weighted by molar-refractivity contribution is 7.89. The summed E-state index contributed by atoms with van der Waals surface area (Å²) in [5, 5.41) is 1.61. The highest BCUT2D eigenvalue weighted by atomic mass is 32.2. The van der Waals surface area contributed by atoms with Gasteiger partial charge in [0.1, 0.15) is 0 Å². The van der Waals surface area contributed by atoms with E-state index in [1.54, 1.807) is 11.4 Å². The third-order valence-electron chi connectivity index (χ3n) is 3.19. The van der Waals surface area contributed by atoms with Crippen molar-refractivity contribution < 1.29 is 13.2 Å². The second-order valence-corrected chi connectivity index (χ2v) is 7.39. The van der Waals surface area contributed by atoms with Crippen molar-refractivity contribution >= 4 is 21.4 Å². The van der Waals surface area contributed by atoms with E-state index in [2.05, 4.69) is 4.72 Å². The zero-order valence-electron chi connectivity index (χ0n) is 10.8. The zero-order chi connectivity index (χ0) is 13.7. The second kappa shape index (κ2) is 6.81. The van der Waals surface area contributed by atoms with Gasteiger partial charge in [-0.3, -0.25) is 0 Å². The van der Waals surface area contributed by atoms with Crippen molar-refractivity contribution in [3.63, 3.8) is 0 Å². The molecule has 7 heteroatoms. The van der Waals surface area contributed by atoms with E-state index in [9.17, 15) is 8.42 Å². The van der Waals surface area contributed by atoms with Crippen LogP contribution in [0.4, 0.5) is 0 Å². The highest BCUT2D eigenvalue weighted by Gasteiger charge is 2.17. The maximum Gasteiger partial charge on any atom is 0.241 e. The smallest absolute Gasteiger partial charge is 0.241 e. The Morgan fingerprint density at radius 2 is 2.16 bits per heavy atom. The molecule has 2 rings (SSSR count). The largest absolute Gasteiger partial charge is 0.377 e. The van der Waals surface area contributed by atoms with E-state index < -0.39 is 10.0 Å². The summed E-state index contributed by atoms with van der Waals surface area (Å²) >= 11 is 1.36. The van der Waals surface area contributed by atoms with Gasteiger partial charge >= 0.3 is 0 Å². The minimum Gasteiger partial charge on any atom is -0.377 e. The van der Waals surface area contributed by atoms with E-state index >= 15 is 0 Å². The quantitative estimate of drug-likeness (QED) is 0.747. The minimum atomic E-state index is -3.42. The molecule has 0 bridgehead atoms. The summed E-state index contributed by atoms with van der Waals surface area (Å²) in [6, 6.07) is 1.62. The first-order chi connectivity index (χ1) is 9.12. The number of hydrogen-bond donors (Lipinski definition) is 2. The van der Waals surface area contributed by atoms with E-state index in [0.29, 0.717) is 30.7 Å². The molecule has 1 fully saturated rings. The standard InChI is InChI=1S/C12H20N2O3S2/c13-8-11-7-12(9-18-11)19(15,16)14-5-6-17-10-3-1-2-4-10/h7,9-10,14H,1-6,8,13H2. The van der Waals surface area contributed by atoms with Crippen LogP contribution in [0.2, 0.25) is 0 Å². The topological polar surface area (TPSA) is 81.4 Å². The molecule has 0 saturated heterocycles. The molecule has 0 aromatic carbocycles. The minimum absolute atomic E-state index is 0.291. The lowest BCUT2D eigenvalue weighted by Crippen LogP contribution is -2.28. The van der Waals surface area contributed by atoms with E-state index in [-0.39, 0.29) is 0 Å². The van der Waals surface area contributed by atoms with Crippen LogP contribution in [0.15, 0.2) is 16.3 Å². The average molecular weight is 304 g/mol. The SMILES string of the molecule is NCc1cc(S(=O)(=O)NCCOC2CCCC2)cs1. The Kier molecular flexibility index (Phi) is 5.35. The van der Waals surface area contributed by atoms with Crippen molar-refractivity contribution in [3.8, 4) is 0 Å². The Hall–Kier alpha value is -0.470. The molecular weight excluding hydrogens is 284 g/mol. The number of thiophene rings is 1. The molecule has 19 heavy (non-hydrogen) atoms. The van der Waals surface area contributed by atoms with Gasteiger partial charge in [-0.05, 0) is 18.9 Å². The maximum atomic E-state index is 12.0. The first-order valence-electron chi connectivity index (χ1n) is 6.50. The number of nitrogens with one attached hydrogen (secondary N) is 1. The lowest BCUT2D eigenvalue weighted by Gasteiger charge is -2.11. The first-order valence-corrected chi connectivity index (χ1v) is 8.87. The molecule has 0 atom stereocenters. The van der Waals surface area contributed by atoms with E-state index in [1.165, 1.54) is 24.2 Å². The Labute approximate surface area is 118 Å². The molecule has 1 heterocycles. The maximum absolute atomic E-state index is 12.0. The van der Waals surface area contributed by atoms with Gasteiger partial charge in [0.05, 0.1) is 17.6 Å². The van der Waals surface area contributed by atoms with Crippen LogP contribution in [0.5, 0.6) is 0 Å². The molecule has 5 nitrogen and oxygen atoms in total. The molecule has 0 radical (unpaired) electrons. The summed E-state index contributed by atoms with van der Waals surface area (Å²) in [5.41, 5.74) is 5.47. The van der Waals surface area contributed by atoms with Crippen LogP contribution in [0, 0.1) is 0 Å². The summed E-state index contributed by atoms with van der Waals surface area (Å²) < 4.78 is 32.1. The fourth-order valence-electron chi connectivity index (χ4n) is 2.15. The molecule has 0 spiro atoms. The predicted octanol–water partition coefficient (Wildman–Crippen LogP) is 1.44.